The minimum Gasteiger partial charge on any atom is -0.352 e. The van der Waals surface area contributed by atoms with E-state index >= 15 is 0 Å². The van der Waals surface area contributed by atoms with Gasteiger partial charge in [0.15, 0.2) is 0 Å². The second kappa shape index (κ2) is 7.10. The van der Waals surface area contributed by atoms with Crippen molar-refractivity contribution in [1.29, 1.82) is 0 Å². The average Bonchev–Trinajstić information content (AvgIpc) is 2.93. The first kappa shape index (κ1) is 14.6. The quantitative estimate of drug-likeness (QED) is 0.841. The fraction of sp³-hybridized carbons (Fsp3) is 0.438. The van der Waals surface area contributed by atoms with Gasteiger partial charge in [0, 0.05) is 30.7 Å². The molecule has 4 heteroatoms. The number of likely N-dealkylation sites (N-methyl/N-ethyl adjacent to an activating group) is 1. The lowest BCUT2D eigenvalue weighted by molar-refractivity contribution is 0.294. The van der Waals surface area contributed by atoms with Crippen LogP contribution in [0.4, 0.5) is 5.95 Å². The molecule has 0 aliphatic heterocycles. The van der Waals surface area contributed by atoms with Crippen LogP contribution in [-0.4, -0.2) is 40.1 Å². The van der Waals surface area contributed by atoms with Gasteiger partial charge in [0.1, 0.15) is 0 Å². The van der Waals surface area contributed by atoms with Gasteiger partial charge in [-0.15, -0.1) is 0 Å². The highest BCUT2D eigenvalue weighted by atomic mass is 15.2. The molecule has 1 unspecified atom stereocenters. The summed E-state index contributed by atoms with van der Waals surface area (Å²) in [5, 5.41) is 3.50. The maximum absolute atomic E-state index is 4.42. The van der Waals surface area contributed by atoms with Crippen LogP contribution in [0, 0.1) is 0 Å². The van der Waals surface area contributed by atoms with E-state index in [-0.39, 0.29) is 0 Å². The van der Waals surface area contributed by atoms with Gasteiger partial charge in [0.05, 0.1) is 0 Å². The van der Waals surface area contributed by atoms with Crippen LogP contribution < -0.4 is 5.32 Å². The molecule has 0 aliphatic rings. The molecule has 1 aromatic heterocycles. The molecule has 108 valence electrons. The van der Waals surface area contributed by atoms with Crippen LogP contribution in [0.1, 0.15) is 20.8 Å². The molecule has 1 aromatic carbocycles. The number of hydrogen-bond donors (Lipinski definition) is 1. The van der Waals surface area contributed by atoms with E-state index in [9.17, 15) is 0 Å². The van der Waals surface area contributed by atoms with Crippen LogP contribution in [0.15, 0.2) is 42.7 Å². The zero-order valence-electron chi connectivity index (χ0n) is 12.6. The number of imidazole rings is 1. The summed E-state index contributed by atoms with van der Waals surface area (Å²) in [6.07, 6.45) is 3.82. The van der Waals surface area contributed by atoms with Crippen LogP contribution >= 0.6 is 0 Å². The standard InChI is InChI=1S/C16H24N4/c1-4-19(5-2)13-14(3)18-16-17-11-12-20(16)15-9-7-6-8-10-15/h6-12,14H,4-5,13H2,1-3H3,(H,17,18). The average molecular weight is 272 g/mol. The summed E-state index contributed by atoms with van der Waals surface area (Å²) in [6, 6.07) is 10.6. The maximum Gasteiger partial charge on any atom is 0.207 e. The van der Waals surface area contributed by atoms with Crippen LogP contribution in [-0.2, 0) is 0 Å². The Bertz CT molecular complexity index is 502. The van der Waals surface area contributed by atoms with Crippen molar-refractivity contribution in [2.75, 3.05) is 25.0 Å². The lowest BCUT2D eigenvalue weighted by Gasteiger charge is -2.24. The number of rotatable bonds is 7. The molecular weight excluding hydrogens is 248 g/mol. The second-order valence-corrected chi connectivity index (χ2v) is 4.99. The van der Waals surface area contributed by atoms with E-state index in [1.54, 1.807) is 0 Å². The smallest absolute Gasteiger partial charge is 0.207 e. The van der Waals surface area contributed by atoms with Crippen LogP contribution in [0.2, 0.25) is 0 Å². The molecule has 1 heterocycles. The minimum atomic E-state index is 0.361. The van der Waals surface area contributed by atoms with Gasteiger partial charge in [-0.3, -0.25) is 4.57 Å². The predicted molar refractivity (Wildman–Crippen MR) is 84.4 cm³/mol. The van der Waals surface area contributed by atoms with Gasteiger partial charge in [-0.25, -0.2) is 4.98 Å². The topological polar surface area (TPSA) is 33.1 Å². The molecule has 0 bridgehead atoms. The summed E-state index contributed by atoms with van der Waals surface area (Å²) in [6.45, 7) is 9.77. The molecule has 0 fully saturated rings. The van der Waals surface area contributed by atoms with Gasteiger partial charge in [-0.2, -0.15) is 0 Å². The van der Waals surface area contributed by atoms with Crippen molar-refractivity contribution in [1.82, 2.24) is 14.5 Å². The SMILES string of the molecule is CCN(CC)CC(C)Nc1nccn1-c1ccccc1. The van der Waals surface area contributed by atoms with Gasteiger partial charge < -0.3 is 10.2 Å². The molecule has 0 spiro atoms. The van der Waals surface area contributed by atoms with E-state index < -0.39 is 0 Å². The zero-order chi connectivity index (χ0) is 14.4. The highest BCUT2D eigenvalue weighted by Gasteiger charge is 2.10. The lowest BCUT2D eigenvalue weighted by Crippen LogP contribution is -2.35. The highest BCUT2D eigenvalue weighted by Crippen LogP contribution is 2.14. The first-order chi connectivity index (χ1) is 9.74. The van der Waals surface area contributed by atoms with Crippen molar-refractivity contribution in [3.05, 3.63) is 42.7 Å². The van der Waals surface area contributed by atoms with Crippen molar-refractivity contribution in [3.8, 4) is 5.69 Å². The Balaban J connectivity index is 2.06. The summed E-state index contributed by atoms with van der Waals surface area (Å²) < 4.78 is 2.08. The first-order valence-corrected chi connectivity index (χ1v) is 7.32. The minimum absolute atomic E-state index is 0.361. The number of anilines is 1. The van der Waals surface area contributed by atoms with Crippen molar-refractivity contribution in [3.63, 3.8) is 0 Å². The fourth-order valence-electron chi connectivity index (χ4n) is 2.34. The third kappa shape index (κ3) is 3.61. The predicted octanol–water partition coefficient (Wildman–Crippen LogP) is 3.01. The van der Waals surface area contributed by atoms with Gasteiger partial charge in [-0.1, -0.05) is 32.0 Å². The van der Waals surface area contributed by atoms with Crippen molar-refractivity contribution >= 4 is 5.95 Å². The summed E-state index contributed by atoms with van der Waals surface area (Å²) in [4.78, 5) is 6.84. The Kier molecular flexibility index (Phi) is 5.18. The molecule has 0 radical (unpaired) electrons. The van der Waals surface area contributed by atoms with Crippen molar-refractivity contribution in [2.24, 2.45) is 0 Å². The summed E-state index contributed by atoms with van der Waals surface area (Å²) in [5.41, 5.74) is 1.13. The molecule has 4 nitrogen and oxygen atoms in total. The third-order valence-corrected chi connectivity index (χ3v) is 3.48. The number of nitrogens with zero attached hydrogens (tertiary/aromatic N) is 3. The van der Waals surface area contributed by atoms with E-state index in [1.165, 1.54) is 0 Å². The van der Waals surface area contributed by atoms with E-state index in [2.05, 4.69) is 52.7 Å². The van der Waals surface area contributed by atoms with E-state index in [1.807, 2.05) is 30.6 Å². The molecule has 2 aromatic rings. The third-order valence-electron chi connectivity index (χ3n) is 3.48. The Morgan fingerprint density at radius 2 is 1.90 bits per heavy atom. The van der Waals surface area contributed by atoms with E-state index in [0.29, 0.717) is 6.04 Å². The Hall–Kier alpha value is -1.81. The number of para-hydroxylation sites is 1. The maximum atomic E-state index is 4.42. The van der Waals surface area contributed by atoms with Crippen LogP contribution in [0.3, 0.4) is 0 Å². The lowest BCUT2D eigenvalue weighted by atomic mass is 10.3. The van der Waals surface area contributed by atoms with E-state index in [4.69, 9.17) is 0 Å². The summed E-state index contributed by atoms with van der Waals surface area (Å²) >= 11 is 0. The molecule has 0 saturated carbocycles. The Morgan fingerprint density at radius 3 is 2.55 bits per heavy atom. The molecule has 20 heavy (non-hydrogen) atoms. The zero-order valence-corrected chi connectivity index (χ0v) is 12.6. The van der Waals surface area contributed by atoms with Gasteiger partial charge >= 0.3 is 0 Å². The monoisotopic (exact) mass is 272 g/mol. The largest absolute Gasteiger partial charge is 0.352 e. The number of hydrogen-bond acceptors (Lipinski definition) is 3. The Morgan fingerprint density at radius 1 is 1.20 bits per heavy atom. The molecule has 1 atom stereocenters. The summed E-state index contributed by atoms with van der Waals surface area (Å²) in [5.74, 6) is 0.899. The first-order valence-electron chi connectivity index (χ1n) is 7.32. The van der Waals surface area contributed by atoms with Crippen LogP contribution in [0.5, 0.6) is 0 Å². The van der Waals surface area contributed by atoms with Gasteiger partial charge in [-0.05, 0) is 32.1 Å². The highest BCUT2D eigenvalue weighted by molar-refractivity contribution is 5.41. The fourth-order valence-corrected chi connectivity index (χ4v) is 2.34. The molecular formula is C16H24N4. The van der Waals surface area contributed by atoms with Gasteiger partial charge in [0.25, 0.3) is 0 Å². The molecule has 0 saturated heterocycles. The van der Waals surface area contributed by atoms with Crippen molar-refractivity contribution in [2.45, 2.75) is 26.8 Å². The Labute approximate surface area is 121 Å². The second-order valence-electron chi connectivity index (χ2n) is 4.99. The normalized spacial score (nSPS) is 12.6. The molecule has 2 rings (SSSR count). The number of aromatic nitrogens is 2. The molecule has 1 N–H and O–H groups in total. The van der Waals surface area contributed by atoms with Gasteiger partial charge in [0.2, 0.25) is 5.95 Å². The number of nitrogens with one attached hydrogen (secondary N) is 1. The number of benzene rings is 1. The molecule has 0 aliphatic carbocycles. The van der Waals surface area contributed by atoms with Crippen LogP contribution in [0.25, 0.3) is 5.69 Å². The van der Waals surface area contributed by atoms with E-state index in [0.717, 1.165) is 31.3 Å². The van der Waals surface area contributed by atoms with Crippen molar-refractivity contribution < 1.29 is 0 Å². The molecule has 0 amide bonds. The summed E-state index contributed by atoms with van der Waals surface area (Å²) in [7, 11) is 0.